The molecule has 2 unspecified atom stereocenters. The molecule has 1 aliphatic carbocycles. The van der Waals surface area contributed by atoms with Gasteiger partial charge < -0.3 is 10.2 Å². The van der Waals surface area contributed by atoms with Crippen LogP contribution in [0, 0.1) is 5.92 Å². The van der Waals surface area contributed by atoms with Crippen LogP contribution in [0.3, 0.4) is 0 Å². The molecule has 2 aliphatic heterocycles. The van der Waals surface area contributed by atoms with Crippen LogP contribution in [0.2, 0.25) is 0 Å². The molecular formula is C13H23ClN2O. The van der Waals surface area contributed by atoms with Crippen molar-refractivity contribution in [1.82, 2.24) is 10.2 Å². The Hall–Kier alpha value is -0.280. The molecule has 2 atom stereocenters. The summed E-state index contributed by atoms with van der Waals surface area (Å²) in [5, 5.41) is 3.45. The fraction of sp³-hybridized carbons (Fsp3) is 0.923. The molecule has 2 saturated heterocycles. The minimum atomic E-state index is 0. The van der Waals surface area contributed by atoms with Crippen LogP contribution >= 0.6 is 12.4 Å². The molecule has 17 heavy (non-hydrogen) atoms. The SMILES string of the molecule is Cl.O=C(CC1CCC1)N1C2CCNCC1CC2. The Morgan fingerprint density at radius 1 is 1.12 bits per heavy atom. The van der Waals surface area contributed by atoms with E-state index < -0.39 is 0 Å². The summed E-state index contributed by atoms with van der Waals surface area (Å²) >= 11 is 0. The maximum atomic E-state index is 12.3. The Balaban J connectivity index is 0.00000108. The Kier molecular flexibility index (Phi) is 4.31. The molecule has 0 aromatic rings. The Labute approximate surface area is 110 Å². The maximum Gasteiger partial charge on any atom is 0.223 e. The molecule has 2 bridgehead atoms. The molecule has 1 saturated carbocycles. The first-order valence-corrected chi connectivity index (χ1v) is 6.86. The second-order valence-electron chi connectivity index (χ2n) is 5.68. The van der Waals surface area contributed by atoms with E-state index in [-0.39, 0.29) is 12.4 Å². The third-order valence-corrected chi connectivity index (χ3v) is 4.63. The minimum Gasteiger partial charge on any atom is -0.335 e. The van der Waals surface area contributed by atoms with Crippen LogP contribution in [-0.4, -0.2) is 36.0 Å². The van der Waals surface area contributed by atoms with Crippen LogP contribution in [-0.2, 0) is 4.79 Å². The topological polar surface area (TPSA) is 32.3 Å². The molecule has 3 nitrogen and oxygen atoms in total. The first kappa shape index (κ1) is 13.2. The lowest BCUT2D eigenvalue weighted by Gasteiger charge is -2.32. The third kappa shape index (κ3) is 2.60. The predicted octanol–water partition coefficient (Wildman–Crippen LogP) is 1.95. The first-order chi connectivity index (χ1) is 7.84. The summed E-state index contributed by atoms with van der Waals surface area (Å²) in [5.74, 6) is 1.16. The quantitative estimate of drug-likeness (QED) is 0.821. The van der Waals surface area contributed by atoms with Gasteiger partial charge in [0.2, 0.25) is 5.91 Å². The van der Waals surface area contributed by atoms with E-state index in [0.29, 0.717) is 23.9 Å². The number of hydrogen-bond acceptors (Lipinski definition) is 2. The number of nitrogens with zero attached hydrogens (tertiary/aromatic N) is 1. The highest BCUT2D eigenvalue weighted by molar-refractivity contribution is 5.85. The Morgan fingerprint density at radius 3 is 2.59 bits per heavy atom. The maximum absolute atomic E-state index is 12.3. The second kappa shape index (κ2) is 5.57. The van der Waals surface area contributed by atoms with Gasteiger partial charge >= 0.3 is 0 Å². The van der Waals surface area contributed by atoms with Crippen molar-refractivity contribution in [2.45, 2.75) is 57.0 Å². The number of carbonyl (C=O) groups is 1. The van der Waals surface area contributed by atoms with Gasteiger partial charge in [-0.25, -0.2) is 0 Å². The summed E-state index contributed by atoms with van der Waals surface area (Å²) in [7, 11) is 0. The fourth-order valence-electron chi connectivity index (χ4n) is 3.44. The Morgan fingerprint density at radius 2 is 1.88 bits per heavy atom. The van der Waals surface area contributed by atoms with Crippen molar-refractivity contribution in [3.8, 4) is 0 Å². The van der Waals surface area contributed by atoms with Crippen molar-refractivity contribution in [3.05, 3.63) is 0 Å². The summed E-state index contributed by atoms with van der Waals surface area (Å²) in [6.07, 6.45) is 8.35. The summed E-state index contributed by atoms with van der Waals surface area (Å²) in [6.45, 7) is 2.11. The first-order valence-electron chi connectivity index (χ1n) is 6.86. The monoisotopic (exact) mass is 258 g/mol. The molecule has 1 amide bonds. The van der Waals surface area contributed by atoms with Gasteiger partial charge in [0, 0.05) is 25.0 Å². The lowest BCUT2D eigenvalue weighted by Crippen LogP contribution is -2.43. The molecule has 3 aliphatic rings. The summed E-state index contributed by atoms with van der Waals surface area (Å²) in [5.41, 5.74) is 0. The van der Waals surface area contributed by atoms with E-state index in [9.17, 15) is 4.79 Å². The van der Waals surface area contributed by atoms with E-state index >= 15 is 0 Å². The van der Waals surface area contributed by atoms with Crippen LogP contribution in [0.15, 0.2) is 0 Å². The van der Waals surface area contributed by atoms with Crippen molar-refractivity contribution in [3.63, 3.8) is 0 Å². The highest BCUT2D eigenvalue weighted by Gasteiger charge is 2.38. The van der Waals surface area contributed by atoms with Crippen molar-refractivity contribution in [2.75, 3.05) is 13.1 Å². The van der Waals surface area contributed by atoms with E-state index in [4.69, 9.17) is 0 Å². The smallest absolute Gasteiger partial charge is 0.223 e. The molecule has 3 fully saturated rings. The fourth-order valence-corrected chi connectivity index (χ4v) is 3.44. The number of amides is 1. The van der Waals surface area contributed by atoms with Gasteiger partial charge in [0.05, 0.1) is 0 Å². The number of halogens is 1. The predicted molar refractivity (Wildman–Crippen MR) is 70.3 cm³/mol. The molecule has 0 radical (unpaired) electrons. The van der Waals surface area contributed by atoms with E-state index in [1.54, 1.807) is 0 Å². The van der Waals surface area contributed by atoms with E-state index in [0.717, 1.165) is 25.9 Å². The highest BCUT2D eigenvalue weighted by Crippen LogP contribution is 2.33. The number of hydrogen-bond donors (Lipinski definition) is 1. The summed E-state index contributed by atoms with van der Waals surface area (Å²) < 4.78 is 0. The molecule has 0 spiro atoms. The molecular weight excluding hydrogens is 236 g/mol. The standard InChI is InChI=1S/C13H22N2O.ClH/c16-13(8-10-2-1-3-10)15-11-4-5-12(15)9-14-7-6-11;/h10-12,14H,1-9H2;1H. The lowest BCUT2D eigenvalue weighted by atomic mass is 9.82. The lowest BCUT2D eigenvalue weighted by molar-refractivity contribution is -0.135. The molecule has 0 aromatic heterocycles. The summed E-state index contributed by atoms with van der Waals surface area (Å²) in [6, 6.07) is 1.05. The number of carbonyl (C=O) groups excluding carboxylic acids is 1. The van der Waals surface area contributed by atoms with Gasteiger partial charge in [-0.2, -0.15) is 0 Å². The van der Waals surface area contributed by atoms with Gasteiger partial charge in [-0.05, 0) is 44.6 Å². The molecule has 2 heterocycles. The Bertz CT molecular complexity index is 267. The minimum absolute atomic E-state index is 0. The average molecular weight is 259 g/mol. The van der Waals surface area contributed by atoms with Crippen LogP contribution in [0.4, 0.5) is 0 Å². The van der Waals surface area contributed by atoms with Crippen LogP contribution in [0.5, 0.6) is 0 Å². The zero-order valence-corrected chi connectivity index (χ0v) is 11.2. The van der Waals surface area contributed by atoms with E-state index in [1.165, 1.54) is 32.1 Å². The molecule has 0 aromatic carbocycles. The molecule has 98 valence electrons. The van der Waals surface area contributed by atoms with Crippen molar-refractivity contribution in [2.24, 2.45) is 5.92 Å². The molecule has 1 N–H and O–H groups in total. The average Bonchev–Trinajstić information content (AvgIpc) is 2.46. The number of nitrogens with one attached hydrogen (secondary N) is 1. The van der Waals surface area contributed by atoms with Crippen molar-refractivity contribution < 1.29 is 4.79 Å². The van der Waals surface area contributed by atoms with Crippen molar-refractivity contribution >= 4 is 18.3 Å². The van der Waals surface area contributed by atoms with Gasteiger partial charge in [-0.3, -0.25) is 4.79 Å². The van der Waals surface area contributed by atoms with Crippen LogP contribution in [0.1, 0.15) is 44.9 Å². The van der Waals surface area contributed by atoms with Crippen LogP contribution in [0.25, 0.3) is 0 Å². The zero-order valence-electron chi connectivity index (χ0n) is 10.4. The van der Waals surface area contributed by atoms with Gasteiger partial charge in [-0.15, -0.1) is 12.4 Å². The van der Waals surface area contributed by atoms with Gasteiger partial charge in [0.25, 0.3) is 0 Å². The van der Waals surface area contributed by atoms with Gasteiger partial charge in [0.1, 0.15) is 0 Å². The van der Waals surface area contributed by atoms with E-state index in [2.05, 4.69) is 10.2 Å². The van der Waals surface area contributed by atoms with Crippen LogP contribution < -0.4 is 5.32 Å². The highest BCUT2D eigenvalue weighted by atomic mass is 35.5. The molecule has 3 rings (SSSR count). The van der Waals surface area contributed by atoms with Gasteiger partial charge in [-0.1, -0.05) is 6.42 Å². The third-order valence-electron chi connectivity index (χ3n) is 4.63. The van der Waals surface area contributed by atoms with E-state index in [1.807, 2.05) is 0 Å². The van der Waals surface area contributed by atoms with Gasteiger partial charge in [0.15, 0.2) is 0 Å². The summed E-state index contributed by atoms with van der Waals surface area (Å²) in [4.78, 5) is 14.5. The zero-order chi connectivity index (χ0) is 11.0. The normalized spacial score (nSPS) is 32.6. The second-order valence-corrected chi connectivity index (χ2v) is 5.68. The van der Waals surface area contributed by atoms with Crippen molar-refractivity contribution in [1.29, 1.82) is 0 Å². The largest absolute Gasteiger partial charge is 0.335 e. The number of rotatable bonds is 2. The number of fused-ring (bicyclic) bond motifs is 2. The molecule has 4 heteroatoms.